The Labute approximate surface area is 85.4 Å². The molecule has 0 amide bonds. The van der Waals surface area contributed by atoms with Crippen LogP contribution in [-0.4, -0.2) is 33.7 Å². The van der Waals surface area contributed by atoms with Gasteiger partial charge in [-0.2, -0.15) is 17.6 Å². The Morgan fingerprint density at radius 1 is 0.933 bits per heavy atom. The van der Waals surface area contributed by atoms with Crippen LogP contribution in [0.1, 0.15) is 6.92 Å². The summed E-state index contributed by atoms with van der Waals surface area (Å²) in [6, 6.07) is 0. The quantitative estimate of drug-likeness (QED) is 0.557. The monoisotopic (exact) mass is 274 g/mol. The van der Waals surface area contributed by atoms with E-state index in [1.54, 1.807) is 0 Å². The Morgan fingerprint density at radius 3 is 1.47 bits per heavy atom. The predicted molar refractivity (Wildman–Crippen MR) is 37.2 cm³/mol. The maximum Gasteiger partial charge on any atom is 0.375 e. The fourth-order valence-corrected chi connectivity index (χ4v) is 1.27. The molecule has 0 rings (SSSR count). The number of rotatable bonds is 4. The summed E-state index contributed by atoms with van der Waals surface area (Å²) in [5.41, 5.74) is 0. The highest BCUT2D eigenvalue weighted by molar-refractivity contribution is 7.81. The van der Waals surface area contributed by atoms with Gasteiger partial charge in [-0.3, -0.25) is 8.42 Å². The van der Waals surface area contributed by atoms with Crippen LogP contribution < -0.4 is 0 Å². The number of halogens is 5. The van der Waals surface area contributed by atoms with Crippen LogP contribution in [0.25, 0.3) is 0 Å². The lowest BCUT2D eigenvalue weighted by Gasteiger charge is -2.37. The maximum absolute atomic E-state index is 12.7. The standard InChI is InChI=1S/C4H5F5O4S2/c1-2(5,14(10)11)3(6,7)4(8,9)15(12)13/h1H3,(H,10,11)(H,12,13)/p-2. The lowest BCUT2D eigenvalue weighted by Crippen LogP contribution is -2.58. The topological polar surface area (TPSA) is 80.3 Å². The maximum atomic E-state index is 12.7. The summed E-state index contributed by atoms with van der Waals surface area (Å²) in [4.78, 5) is 0. The minimum atomic E-state index is -5.89. The van der Waals surface area contributed by atoms with E-state index in [4.69, 9.17) is 0 Å². The molecule has 0 aliphatic rings. The Hall–Kier alpha value is -0.130. The largest absolute Gasteiger partial charge is 0.770 e. The number of hydrogen-bond donors (Lipinski definition) is 0. The minimum absolute atomic E-state index is 0.364. The molecule has 0 bridgehead atoms. The minimum Gasteiger partial charge on any atom is -0.770 e. The van der Waals surface area contributed by atoms with Crippen LogP contribution >= 0.6 is 0 Å². The molecule has 3 atom stereocenters. The Morgan fingerprint density at radius 2 is 1.27 bits per heavy atom. The first kappa shape index (κ1) is 14.9. The van der Waals surface area contributed by atoms with Crippen molar-refractivity contribution in [1.82, 2.24) is 0 Å². The summed E-state index contributed by atoms with van der Waals surface area (Å²) in [7, 11) is 0. The third-order valence-corrected chi connectivity index (χ3v) is 3.01. The molecule has 92 valence electrons. The second-order valence-corrected chi connectivity index (χ2v) is 4.70. The molecule has 0 spiro atoms. The first-order valence-electron chi connectivity index (χ1n) is 3.02. The zero-order chi connectivity index (χ0) is 12.7. The van der Waals surface area contributed by atoms with Gasteiger partial charge in [-0.15, -0.1) is 0 Å². The van der Waals surface area contributed by atoms with Crippen LogP contribution in [0.15, 0.2) is 0 Å². The molecule has 0 aliphatic carbocycles. The molecule has 4 nitrogen and oxygen atoms in total. The summed E-state index contributed by atoms with van der Waals surface area (Å²) in [5, 5.41) is -10.5. The van der Waals surface area contributed by atoms with Crippen LogP contribution in [0.4, 0.5) is 22.0 Å². The van der Waals surface area contributed by atoms with Crippen LogP contribution in [0.2, 0.25) is 0 Å². The smallest absolute Gasteiger partial charge is 0.375 e. The van der Waals surface area contributed by atoms with Gasteiger partial charge < -0.3 is 9.11 Å². The molecule has 0 aromatic rings. The van der Waals surface area contributed by atoms with E-state index in [0.29, 0.717) is 0 Å². The van der Waals surface area contributed by atoms with Crippen molar-refractivity contribution in [3.8, 4) is 0 Å². The molecule has 3 unspecified atom stereocenters. The van der Waals surface area contributed by atoms with E-state index in [-0.39, 0.29) is 6.92 Å². The van der Waals surface area contributed by atoms with Gasteiger partial charge in [0.25, 0.3) is 0 Å². The van der Waals surface area contributed by atoms with Gasteiger partial charge in [0.2, 0.25) is 5.00 Å². The van der Waals surface area contributed by atoms with Crippen molar-refractivity contribution in [3.05, 3.63) is 0 Å². The highest BCUT2D eigenvalue weighted by atomic mass is 32.2. The first-order chi connectivity index (χ1) is 6.39. The lowest BCUT2D eigenvalue weighted by atomic mass is 10.2. The number of hydrogen-bond acceptors (Lipinski definition) is 4. The molecule has 11 heteroatoms. The first-order valence-corrected chi connectivity index (χ1v) is 5.17. The molecular weight excluding hydrogens is 271 g/mol. The molecule has 0 fully saturated rings. The molecule has 0 N–H and O–H groups in total. The van der Waals surface area contributed by atoms with Gasteiger partial charge in [-0.05, 0) is 18.0 Å². The van der Waals surface area contributed by atoms with E-state index in [0.717, 1.165) is 0 Å². The van der Waals surface area contributed by atoms with Gasteiger partial charge in [0, 0.05) is 11.1 Å². The van der Waals surface area contributed by atoms with E-state index in [2.05, 4.69) is 0 Å². The number of alkyl halides is 5. The molecule has 15 heavy (non-hydrogen) atoms. The Kier molecular flexibility index (Phi) is 4.00. The van der Waals surface area contributed by atoms with Crippen LogP contribution in [0.5, 0.6) is 0 Å². The zero-order valence-corrected chi connectivity index (χ0v) is 8.47. The molecule has 0 heterocycles. The summed E-state index contributed by atoms with van der Waals surface area (Å²) in [5.74, 6) is -5.89. The van der Waals surface area contributed by atoms with Crippen molar-refractivity contribution in [2.75, 3.05) is 0 Å². The Bertz CT molecular complexity index is 275. The predicted octanol–water partition coefficient (Wildman–Crippen LogP) is 0.658. The molecule has 0 saturated heterocycles. The second-order valence-electron chi connectivity index (χ2n) is 2.48. The molecule has 0 aliphatic heterocycles. The van der Waals surface area contributed by atoms with Gasteiger partial charge in [0.15, 0.2) is 0 Å². The highest BCUT2D eigenvalue weighted by Gasteiger charge is 2.70. The molecule has 0 radical (unpaired) electrons. The Balaban J connectivity index is 5.50. The van der Waals surface area contributed by atoms with Crippen molar-refractivity contribution in [1.29, 1.82) is 0 Å². The van der Waals surface area contributed by atoms with Gasteiger partial charge >= 0.3 is 11.2 Å². The molecule has 0 aromatic heterocycles. The van der Waals surface area contributed by atoms with Gasteiger partial charge in [-0.25, -0.2) is 4.39 Å². The van der Waals surface area contributed by atoms with Gasteiger partial charge in [-0.1, -0.05) is 0 Å². The molecular formula is C4H3F5O4S2-2. The third kappa shape index (κ3) is 2.19. The van der Waals surface area contributed by atoms with Crippen LogP contribution in [0.3, 0.4) is 0 Å². The fourth-order valence-electron chi connectivity index (χ4n) is 0.469. The van der Waals surface area contributed by atoms with E-state index in [1.165, 1.54) is 0 Å². The van der Waals surface area contributed by atoms with Crippen LogP contribution in [-0.2, 0) is 22.2 Å². The van der Waals surface area contributed by atoms with Gasteiger partial charge in [0.1, 0.15) is 0 Å². The SMILES string of the molecule is CC(F)(S(=O)[O-])C(F)(F)C(F)(F)S(=O)[O-]. The van der Waals surface area contributed by atoms with Crippen molar-refractivity contribution in [2.45, 2.75) is 23.1 Å². The van der Waals surface area contributed by atoms with E-state index < -0.39 is 38.3 Å². The molecule has 0 aromatic carbocycles. The zero-order valence-electron chi connectivity index (χ0n) is 6.84. The summed E-state index contributed by atoms with van der Waals surface area (Å²) < 4.78 is 102. The van der Waals surface area contributed by atoms with E-state index in [1.807, 2.05) is 0 Å². The van der Waals surface area contributed by atoms with Crippen molar-refractivity contribution >= 4 is 22.2 Å². The average molecular weight is 274 g/mol. The summed E-state index contributed by atoms with van der Waals surface area (Å²) >= 11 is -8.88. The highest BCUT2D eigenvalue weighted by Crippen LogP contribution is 2.47. The van der Waals surface area contributed by atoms with Crippen molar-refractivity contribution in [2.24, 2.45) is 0 Å². The second kappa shape index (κ2) is 4.03. The summed E-state index contributed by atoms with van der Waals surface area (Å²) in [6.45, 7) is -0.364. The normalized spacial score (nSPS) is 21.9. The lowest BCUT2D eigenvalue weighted by molar-refractivity contribution is -0.204. The van der Waals surface area contributed by atoms with E-state index >= 15 is 0 Å². The van der Waals surface area contributed by atoms with Crippen LogP contribution in [0, 0.1) is 0 Å². The average Bonchev–Trinajstić information content (AvgIpc) is 2.02. The van der Waals surface area contributed by atoms with Gasteiger partial charge in [0.05, 0.1) is 0 Å². The fraction of sp³-hybridized carbons (Fsp3) is 1.00. The summed E-state index contributed by atoms with van der Waals surface area (Å²) in [6.07, 6.45) is 0. The van der Waals surface area contributed by atoms with Crippen molar-refractivity contribution in [3.63, 3.8) is 0 Å². The third-order valence-electron chi connectivity index (χ3n) is 1.45. The van der Waals surface area contributed by atoms with Crippen molar-refractivity contribution < 1.29 is 39.5 Å². The molecule has 0 saturated carbocycles. The van der Waals surface area contributed by atoms with E-state index in [9.17, 15) is 39.5 Å².